The van der Waals surface area contributed by atoms with Crippen LogP contribution in [-0.2, 0) is 0 Å². The van der Waals surface area contributed by atoms with Crippen molar-refractivity contribution in [1.82, 2.24) is 20.4 Å². The molecular weight excluding hydrogens is 250 g/mol. The average Bonchev–Trinajstić information content (AvgIpc) is 2.90. The highest BCUT2D eigenvalue weighted by Crippen LogP contribution is 2.22. The molecule has 2 aliphatic rings. The van der Waals surface area contributed by atoms with Crippen molar-refractivity contribution in [3.8, 4) is 0 Å². The summed E-state index contributed by atoms with van der Waals surface area (Å²) in [6.45, 7) is 5.08. The molecule has 2 fully saturated rings. The fourth-order valence-corrected chi connectivity index (χ4v) is 3.15. The van der Waals surface area contributed by atoms with Gasteiger partial charge in [-0.3, -0.25) is 0 Å². The molecule has 1 unspecified atom stereocenters. The topological polar surface area (TPSA) is 57.4 Å². The molecule has 100 valence electrons. The van der Waals surface area contributed by atoms with E-state index in [1.807, 2.05) is 11.8 Å². The highest BCUT2D eigenvalue weighted by Gasteiger charge is 2.24. The van der Waals surface area contributed by atoms with Crippen molar-refractivity contribution in [2.24, 2.45) is 0 Å². The summed E-state index contributed by atoms with van der Waals surface area (Å²) in [5, 5.41) is 7.53. The zero-order valence-corrected chi connectivity index (χ0v) is 11.4. The highest BCUT2D eigenvalue weighted by atomic mass is 32.2. The number of anilines is 1. The number of nitrogens with zero attached hydrogens (tertiary/aromatic N) is 4. The van der Waals surface area contributed by atoms with Crippen molar-refractivity contribution in [3.05, 3.63) is 5.89 Å². The van der Waals surface area contributed by atoms with Gasteiger partial charge < -0.3 is 19.6 Å². The first-order valence-electron chi connectivity index (χ1n) is 6.41. The standard InChI is InChI=1S/C11H19N5OS/c1-15-3-5-16(6-4-15)11-13-10(17-14-11)9-8-18-7-2-12-9/h9,12H,2-8H2,1H3. The summed E-state index contributed by atoms with van der Waals surface area (Å²) in [5.41, 5.74) is 0. The molecule has 1 aromatic heterocycles. The van der Waals surface area contributed by atoms with Crippen LogP contribution in [0.4, 0.5) is 5.95 Å². The number of rotatable bonds is 2. The lowest BCUT2D eigenvalue weighted by molar-refractivity contribution is 0.307. The van der Waals surface area contributed by atoms with Crippen LogP contribution in [0.2, 0.25) is 0 Å². The van der Waals surface area contributed by atoms with E-state index in [-0.39, 0.29) is 6.04 Å². The lowest BCUT2D eigenvalue weighted by Crippen LogP contribution is -2.45. The molecule has 7 heteroatoms. The summed E-state index contributed by atoms with van der Waals surface area (Å²) in [5.74, 6) is 3.66. The van der Waals surface area contributed by atoms with Crippen molar-refractivity contribution in [2.75, 3.05) is 56.2 Å². The van der Waals surface area contributed by atoms with E-state index in [4.69, 9.17) is 4.52 Å². The summed E-state index contributed by atoms with van der Waals surface area (Å²) in [4.78, 5) is 9.05. The molecular formula is C11H19N5OS. The molecule has 3 heterocycles. The molecule has 3 rings (SSSR count). The van der Waals surface area contributed by atoms with E-state index < -0.39 is 0 Å². The molecule has 0 amide bonds. The van der Waals surface area contributed by atoms with Gasteiger partial charge in [0.05, 0.1) is 6.04 Å². The Morgan fingerprint density at radius 3 is 2.89 bits per heavy atom. The highest BCUT2D eigenvalue weighted by molar-refractivity contribution is 7.99. The molecule has 0 bridgehead atoms. The Balaban J connectivity index is 1.65. The Morgan fingerprint density at radius 1 is 1.33 bits per heavy atom. The van der Waals surface area contributed by atoms with Gasteiger partial charge in [0.15, 0.2) is 0 Å². The second kappa shape index (κ2) is 5.46. The number of likely N-dealkylation sites (N-methyl/N-ethyl adjacent to an activating group) is 1. The molecule has 0 saturated carbocycles. The van der Waals surface area contributed by atoms with Crippen LogP contribution in [0.15, 0.2) is 4.52 Å². The minimum atomic E-state index is 0.220. The number of piperazine rings is 1. The van der Waals surface area contributed by atoms with Gasteiger partial charge in [-0.05, 0) is 12.2 Å². The summed E-state index contributed by atoms with van der Waals surface area (Å²) in [7, 11) is 2.14. The molecule has 18 heavy (non-hydrogen) atoms. The second-order valence-corrected chi connectivity index (χ2v) is 5.95. The second-order valence-electron chi connectivity index (χ2n) is 4.80. The Morgan fingerprint density at radius 2 is 2.17 bits per heavy atom. The predicted molar refractivity (Wildman–Crippen MR) is 72.1 cm³/mol. The SMILES string of the molecule is CN1CCN(c2noc(C3CSCCN3)n2)CC1. The van der Waals surface area contributed by atoms with E-state index in [2.05, 4.69) is 32.3 Å². The van der Waals surface area contributed by atoms with E-state index in [1.54, 1.807) is 0 Å². The van der Waals surface area contributed by atoms with Crippen LogP contribution in [0.5, 0.6) is 0 Å². The maximum Gasteiger partial charge on any atom is 0.266 e. The Kier molecular flexibility index (Phi) is 3.72. The summed E-state index contributed by atoms with van der Waals surface area (Å²) >= 11 is 1.93. The average molecular weight is 269 g/mol. The predicted octanol–water partition coefficient (Wildman–Crippen LogP) is 0.199. The van der Waals surface area contributed by atoms with Crippen molar-refractivity contribution < 1.29 is 4.52 Å². The molecule has 0 radical (unpaired) electrons. The van der Waals surface area contributed by atoms with Crippen LogP contribution in [-0.4, -0.2) is 66.3 Å². The molecule has 6 nitrogen and oxygen atoms in total. The third-order valence-electron chi connectivity index (χ3n) is 3.44. The fraction of sp³-hybridized carbons (Fsp3) is 0.818. The molecule has 0 aliphatic carbocycles. The van der Waals surface area contributed by atoms with Crippen LogP contribution in [0.1, 0.15) is 11.9 Å². The smallest absolute Gasteiger partial charge is 0.266 e. The van der Waals surface area contributed by atoms with Gasteiger partial charge in [-0.2, -0.15) is 16.7 Å². The zero-order valence-electron chi connectivity index (χ0n) is 10.6. The molecule has 2 saturated heterocycles. The number of thioether (sulfide) groups is 1. The molecule has 1 aromatic rings. The summed E-state index contributed by atoms with van der Waals surface area (Å²) < 4.78 is 5.39. The van der Waals surface area contributed by atoms with Crippen LogP contribution >= 0.6 is 11.8 Å². The van der Waals surface area contributed by atoms with Gasteiger partial charge in [0.25, 0.3) is 5.95 Å². The van der Waals surface area contributed by atoms with Gasteiger partial charge in [-0.15, -0.1) is 0 Å². The summed E-state index contributed by atoms with van der Waals surface area (Å²) in [6, 6.07) is 0.220. The van der Waals surface area contributed by atoms with Crippen molar-refractivity contribution >= 4 is 17.7 Å². The van der Waals surface area contributed by atoms with Gasteiger partial charge in [0.1, 0.15) is 0 Å². The maximum atomic E-state index is 5.39. The molecule has 2 aliphatic heterocycles. The molecule has 1 atom stereocenters. The number of hydrogen-bond acceptors (Lipinski definition) is 7. The van der Waals surface area contributed by atoms with Crippen LogP contribution in [0.25, 0.3) is 0 Å². The zero-order chi connectivity index (χ0) is 12.4. The molecule has 0 aromatic carbocycles. The van der Waals surface area contributed by atoms with E-state index in [0.29, 0.717) is 0 Å². The van der Waals surface area contributed by atoms with Gasteiger partial charge in [0.2, 0.25) is 5.89 Å². The molecule has 0 spiro atoms. The third kappa shape index (κ3) is 2.62. The number of nitrogens with one attached hydrogen (secondary N) is 1. The Bertz CT molecular complexity index is 385. The van der Waals surface area contributed by atoms with E-state index in [1.165, 1.54) is 0 Å². The third-order valence-corrected chi connectivity index (χ3v) is 4.50. The minimum Gasteiger partial charge on any atom is -0.336 e. The van der Waals surface area contributed by atoms with E-state index in [9.17, 15) is 0 Å². The number of aromatic nitrogens is 2. The Hall–Kier alpha value is -0.790. The molecule has 1 N–H and O–H groups in total. The lowest BCUT2D eigenvalue weighted by Gasteiger charge is -2.31. The van der Waals surface area contributed by atoms with E-state index >= 15 is 0 Å². The first kappa shape index (κ1) is 12.3. The minimum absolute atomic E-state index is 0.220. The first-order chi connectivity index (χ1) is 8.83. The van der Waals surface area contributed by atoms with Crippen molar-refractivity contribution in [1.29, 1.82) is 0 Å². The van der Waals surface area contributed by atoms with Crippen molar-refractivity contribution in [2.45, 2.75) is 6.04 Å². The van der Waals surface area contributed by atoms with Gasteiger partial charge in [0, 0.05) is 44.2 Å². The lowest BCUT2D eigenvalue weighted by atomic mass is 10.3. The van der Waals surface area contributed by atoms with Crippen molar-refractivity contribution in [3.63, 3.8) is 0 Å². The fourth-order valence-electron chi connectivity index (χ4n) is 2.23. The maximum absolute atomic E-state index is 5.39. The number of hydrogen-bond donors (Lipinski definition) is 1. The largest absolute Gasteiger partial charge is 0.336 e. The van der Waals surface area contributed by atoms with Crippen LogP contribution < -0.4 is 10.2 Å². The van der Waals surface area contributed by atoms with Gasteiger partial charge >= 0.3 is 0 Å². The first-order valence-corrected chi connectivity index (χ1v) is 7.56. The van der Waals surface area contributed by atoms with Crippen LogP contribution in [0.3, 0.4) is 0 Å². The van der Waals surface area contributed by atoms with E-state index in [0.717, 1.165) is 56.1 Å². The Labute approximate surface area is 111 Å². The monoisotopic (exact) mass is 269 g/mol. The van der Waals surface area contributed by atoms with Crippen LogP contribution in [0, 0.1) is 0 Å². The normalized spacial score (nSPS) is 26.5. The quantitative estimate of drug-likeness (QED) is 0.823. The van der Waals surface area contributed by atoms with Gasteiger partial charge in [-0.25, -0.2) is 0 Å². The van der Waals surface area contributed by atoms with Gasteiger partial charge in [-0.1, -0.05) is 0 Å². The summed E-state index contributed by atoms with van der Waals surface area (Å²) in [6.07, 6.45) is 0.